The van der Waals surface area contributed by atoms with Crippen molar-refractivity contribution < 1.29 is 0 Å². The third-order valence-corrected chi connectivity index (χ3v) is 4.93. The number of nitrogens with zero attached hydrogens (tertiary/aromatic N) is 2. The van der Waals surface area contributed by atoms with E-state index in [9.17, 15) is 0 Å². The van der Waals surface area contributed by atoms with Gasteiger partial charge in [0.2, 0.25) is 0 Å². The van der Waals surface area contributed by atoms with Gasteiger partial charge in [0.1, 0.15) is 0 Å². The van der Waals surface area contributed by atoms with E-state index in [4.69, 9.17) is 11.6 Å². The number of halogens is 1. The molecule has 0 atom stereocenters. The number of likely N-dealkylation sites (tertiary alicyclic amines) is 1. The van der Waals surface area contributed by atoms with Gasteiger partial charge in [0.15, 0.2) is 0 Å². The van der Waals surface area contributed by atoms with Crippen LogP contribution in [-0.2, 0) is 6.54 Å². The molecule has 0 spiro atoms. The molecule has 4 nitrogen and oxygen atoms in total. The summed E-state index contributed by atoms with van der Waals surface area (Å²) in [6.07, 6.45) is 4.18. The maximum absolute atomic E-state index is 6.07. The molecule has 2 heterocycles. The molecule has 1 aromatic heterocycles. The summed E-state index contributed by atoms with van der Waals surface area (Å²) in [5.41, 5.74) is 3.55. The van der Waals surface area contributed by atoms with E-state index in [1.807, 2.05) is 18.3 Å². The lowest BCUT2D eigenvalue weighted by molar-refractivity contribution is 0.211. The predicted octanol–water partition coefficient (Wildman–Crippen LogP) is 4.29. The molecule has 0 aliphatic carbocycles. The number of rotatable bonds is 4. The molecule has 0 radical (unpaired) electrons. The van der Waals surface area contributed by atoms with Gasteiger partial charge in [0, 0.05) is 41.8 Å². The van der Waals surface area contributed by atoms with Gasteiger partial charge in [-0.25, -0.2) is 0 Å². The maximum Gasteiger partial charge on any atom is 0.0651 e. The van der Waals surface area contributed by atoms with Crippen LogP contribution < -0.4 is 5.32 Å². The van der Waals surface area contributed by atoms with E-state index in [2.05, 4.69) is 50.7 Å². The Morgan fingerprint density at radius 2 is 2.04 bits per heavy atom. The zero-order valence-electron chi connectivity index (χ0n) is 13.5. The third-order valence-electron chi connectivity index (χ3n) is 4.69. The number of piperidine rings is 1. The second-order valence-corrected chi connectivity index (χ2v) is 6.93. The number of benzene rings is 2. The molecule has 4 rings (SSSR count). The van der Waals surface area contributed by atoms with E-state index in [0.29, 0.717) is 6.04 Å². The molecule has 1 aliphatic rings. The summed E-state index contributed by atoms with van der Waals surface area (Å²) in [5.74, 6) is 0. The Labute approximate surface area is 146 Å². The normalized spacial score (nSPS) is 16.5. The quantitative estimate of drug-likeness (QED) is 0.744. The summed E-state index contributed by atoms with van der Waals surface area (Å²) in [6, 6.07) is 15.1. The average Bonchev–Trinajstić information content (AvgIpc) is 3.04. The van der Waals surface area contributed by atoms with Crippen LogP contribution in [0.15, 0.2) is 48.7 Å². The lowest BCUT2D eigenvalue weighted by Crippen LogP contribution is -2.38. The van der Waals surface area contributed by atoms with Gasteiger partial charge in [-0.2, -0.15) is 5.10 Å². The van der Waals surface area contributed by atoms with E-state index in [0.717, 1.165) is 48.4 Å². The highest BCUT2D eigenvalue weighted by Crippen LogP contribution is 2.22. The van der Waals surface area contributed by atoms with Crippen molar-refractivity contribution in [2.75, 3.05) is 18.4 Å². The first-order valence-electron chi connectivity index (χ1n) is 8.43. The first-order valence-corrected chi connectivity index (χ1v) is 8.80. The molecule has 0 bridgehead atoms. The molecular formula is C19H21ClN4. The van der Waals surface area contributed by atoms with Gasteiger partial charge in [-0.3, -0.25) is 10.00 Å². The van der Waals surface area contributed by atoms with Gasteiger partial charge in [-0.05, 0) is 48.7 Å². The second kappa shape index (κ2) is 6.83. The minimum Gasteiger partial charge on any atom is -0.382 e. The molecule has 5 heteroatoms. The first-order chi connectivity index (χ1) is 11.8. The van der Waals surface area contributed by atoms with Crippen molar-refractivity contribution in [2.45, 2.75) is 25.4 Å². The summed E-state index contributed by atoms with van der Waals surface area (Å²) >= 11 is 6.07. The number of H-pyrrole nitrogens is 1. The van der Waals surface area contributed by atoms with Crippen LogP contribution in [0.3, 0.4) is 0 Å². The highest BCUT2D eigenvalue weighted by molar-refractivity contribution is 6.30. The van der Waals surface area contributed by atoms with Crippen LogP contribution in [-0.4, -0.2) is 34.2 Å². The molecule has 2 N–H and O–H groups in total. The largest absolute Gasteiger partial charge is 0.382 e. The molecule has 1 fully saturated rings. The van der Waals surface area contributed by atoms with Crippen LogP contribution in [0.2, 0.25) is 5.02 Å². The van der Waals surface area contributed by atoms with Crippen LogP contribution in [0.25, 0.3) is 10.9 Å². The number of hydrogen-bond donors (Lipinski definition) is 2. The summed E-state index contributed by atoms with van der Waals surface area (Å²) in [4.78, 5) is 2.50. The van der Waals surface area contributed by atoms with Crippen LogP contribution >= 0.6 is 11.6 Å². The number of fused-ring (bicyclic) bond motifs is 1. The standard InChI is InChI=1S/C19H21ClN4/c20-16-3-1-2-14(10-16)13-24-8-6-17(7-9-24)22-18-4-5-19-15(11-18)12-21-23-19/h1-5,10-12,17,22H,6-9,13H2,(H,21,23). The highest BCUT2D eigenvalue weighted by Gasteiger charge is 2.19. The predicted molar refractivity (Wildman–Crippen MR) is 99.5 cm³/mol. The summed E-state index contributed by atoms with van der Waals surface area (Å²) in [6.45, 7) is 3.20. The number of aromatic nitrogens is 2. The molecule has 1 saturated heterocycles. The van der Waals surface area contributed by atoms with Crippen LogP contribution in [0, 0.1) is 0 Å². The van der Waals surface area contributed by atoms with Gasteiger partial charge in [0.05, 0.1) is 11.7 Å². The Kier molecular flexibility index (Phi) is 4.41. The fraction of sp³-hybridized carbons (Fsp3) is 0.316. The average molecular weight is 341 g/mol. The fourth-order valence-corrected chi connectivity index (χ4v) is 3.61. The van der Waals surface area contributed by atoms with Gasteiger partial charge in [-0.1, -0.05) is 23.7 Å². The molecule has 3 aromatic rings. The Morgan fingerprint density at radius 3 is 2.88 bits per heavy atom. The van der Waals surface area contributed by atoms with Gasteiger partial charge in [-0.15, -0.1) is 0 Å². The highest BCUT2D eigenvalue weighted by atomic mass is 35.5. The van der Waals surface area contributed by atoms with Crippen molar-refractivity contribution in [1.82, 2.24) is 15.1 Å². The SMILES string of the molecule is Clc1cccc(CN2CCC(Nc3ccc4[nH]ncc4c3)CC2)c1. The summed E-state index contributed by atoms with van der Waals surface area (Å²) < 4.78 is 0. The van der Waals surface area contributed by atoms with Crippen molar-refractivity contribution in [3.8, 4) is 0 Å². The Hall–Kier alpha value is -2.04. The van der Waals surface area contributed by atoms with Crippen molar-refractivity contribution in [1.29, 1.82) is 0 Å². The Bertz CT molecular complexity index is 821. The number of nitrogens with one attached hydrogen (secondary N) is 2. The topological polar surface area (TPSA) is 44.0 Å². The van der Waals surface area contributed by atoms with Crippen molar-refractivity contribution in [3.05, 3.63) is 59.2 Å². The lowest BCUT2D eigenvalue weighted by Gasteiger charge is -2.33. The maximum atomic E-state index is 6.07. The molecule has 24 heavy (non-hydrogen) atoms. The molecule has 124 valence electrons. The summed E-state index contributed by atoms with van der Waals surface area (Å²) in [5, 5.41) is 12.7. The van der Waals surface area contributed by atoms with E-state index >= 15 is 0 Å². The number of anilines is 1. The van der Waals surface area contributed by atoms with Crippen LogP contribution in [0.4, 0.5) is 5.69 Å². The van der Waals surface area contributed by atoms with Gasteiger partial charge in [0.25, 0.3) is 0 Å². The zero-order chi connectivity index (χ0) is 16.4. The Morgan fingerprint density at radius 1 is 1.17 bits per heavy atom. The van der Waals surface area contributed by atoms with Crippen molar-refractivity contribution >= 4 is 28.2 Å². The Balaban J connectivity index is 1.32. The van der Waals surface area contributed by atoms with Crippen molar-refractivity contribution in [2.24, 2.45) is 0 Å². The van der Waals surface area contributed by atoms with Crippen molar-refractivity contribution in [3.63, 3.8) is 0 Å². The monoisotopic (exact) mass is 340 g/mol. The summed E-state index contributed by atoms with van der Waals surface area (Å²) in [7, 11) is 0. The van der Waals surface area contributed by atoms with E-state index in [1.165, 1.54) is 11.3 Å². The first kappa shape index (κ1) is 15.5. The van der Waals surface area contributed by atoms with Gasteiger partial charge >= 0.3 is 0 Å². The van der Waals surface area contributed by atoms with E-state index in [1.54, 1.807) is 0 Å². The molecular weight excluding hydrogens is 320 g/mol. The zero-order valence-corrected chi connectivity index (χ0v) is 14.3. The smallest absolute Gasteiger partial charge is 0.0651 e. The molecule has 0 amide bonds. The molecule has 2 aromatic carbocycles. The number of aromatic amines is 1. The van der Waals surface area contributed by atoms with Crippen LogP contribution in [0.1, 0.15) is 18.4 Å². The fourth-order valence-electron chi connectivity index (χ4n) is 3.40. The van der Waals surface area contributed by atoms with Crippen LogP contribution in [0.5, 0.6) is 0 Å². The van der Waals surface area contributed by atoms with E-state index < -0.39 is 0 Å². The lowest BCUT2D eigenvalue weighted by atomic mass is 10.0. The minimum atomic E-state index is 0.532. The number of hydrogen-bond acceptors (Lipinski definition) is 3. The third kappa shape index (κ3) is 3.55. The molecule has 1 aliphatic heterocycles. The van der Waals surface area contributed by atoms with Gasteiger partial charge < -0.3 is 5.32 Å². The second-order valence-electron chi connectivity index (χ2n) is 6.50. The molecule has 0 saturated carbocycles. The minimum absolute atomic E-state index is 0.532. The molecule has 0 unspecified atom stereocenters. The van der Waals surface area contributed by atoms with E-state index in [-0.39, 0.29) is 0 Å².